The SMILES string of the molecule is NC(=O)[C@@H](Cc1ccc(OCc2ccccc2)cc1)NC(=O)[C@H](O)c1ccc(C(F)(F)F)cc1. The lowest BCUT2D eigenvalue weighted by atomic mass is 10.0. The molecule has 0 aliphatic heterocycles. The van der Waals surface area contributed by atoms with Gasteiger partial charge in [0.1, 0.15) is 18.4 Å². The van der Waals surface area contributed by atoms with Gasteiger partial charge in [-0.1, -0.05) is 54.6 Å². The predicted molar refractivity (Wildman–Crippen MR) is 118 cm³/mol. The predicted octanol–water partition coefficient (Wildman–Crippen LogP) is 3.53. The number of aliphatic hydroxyl groups excluding tert-OH is 1. The largest absolute Gasteiger partial charge is 0.489 e. The highest BCUT2D eigenvalue weighted by molar-refractivity contribution is 5.89. The van der Waals surface area contributed by atoms with Crippen LogP contribution in [0.4, 0.5) is 13.2 Å². The number of benzene rings is 3. The van der Waals surface area contributed by atoms with Crippen LogP contribution in [-0.2, 0) is 28.8 Å². The highest BCUT2D eigenvalue weighted by atomic mass is 19.4. The molecule has 0 aliphatic rings. The molecular formula is C25H23F3N2O4. The minimum Gasteiger partial charge on any atom is -0.489 e. The van der Waals surface area contributed by atoms with Crippen molar-refractivity contribution in [2.45, 2.75) is 31.3 Å². The van der Waals surface area contributed by atoms with Gasteiger partial charge in [0.15, 0.2) is 6.10 Å². The summed E-state index contributed by atoms with van der Waals surface area (Å²) in [5.74, 6) is -1.16. The summed E-state index contributed by atoms with van der Waals surface area (Å²) in [6.45, 7) is 0.391. The van der Waals surface area contributed by atoms with Crippen LogP contribution in [0.5, 0.6) is 5.75 Å². The molecule has 9 heteroatoms. The summed E-state index contributed by atoms with van der Waals surface area (Å²) in [5, 5.41) is 12.6. The summed E-state index contributed by atoms with van der Waals surface area (Å²) in [7, 11) is 0. The van der Waals surface area contributed by atoms with Gasteiger partial charge in [0, 0.05) is 6.42 Å². The Hall–Kier alpha value is -3.85. The maximum Gasteiger partial charge on any atom is 0.416 e. The Morgan fingerprint density at radius 3 is 2.09 bits per heavy atom. The number of carbonyl (C=O) groups excluding carboxylic acids is 2. The molecule has 0 bridgehead atoms. The number of rotatable bonds is 9. The molecule has 3 rings (SSSR count). The topological polar surface area (TPSA) is 102 Å². The molecule has 0 radical (unpaired) electrons. The molecule has 0 saturated carbocycles. The van der Waals surface area contributed by atoms with E-state index in [1.54, 1.807) is 24.3 Å². The van der Waals surface area contributed by atoms with Gasteiger partial charge in [0.2, 0.25) is 5.91 Å². The number of nitrogens with two attached hydrogens (primary N) is 1. The van der Waals surface area contributed by atoms with Crippen LogP contribution in [0.1, 0.15) is 28.4 Å². The second kappa shape index (κ2) is 10.8. The van der Waals surface area contributed by atoms with Crippen LogP contribution in [-0.4, -0.2) is 23.0 Å². The summed E-state index contributed by atoms with van der Waals surface area (Å²) >= 11 is 0. The van der Waals surface area contributed by atoms with Gasteiger partial charge >= 0.3 is 6.18 Å². The summed E-state index contributed by atoms with van der Waals surface area (Å²) in [5.41, 5.74) is 6.13. The van der Waals surface area contributed by atoms with Crippen LogP contribution in [0, 0.1) is 0 Å². The first-order valence-electron chi connectivity index (χ1n) is 10.3. The van der Waals surface area contributed by atoms with Crippen molar-refractivity contribution in [1.82, 2.24) is 5.32 Å². The lowest BCUT2D eigenvalue weighted by Gasteiger charge is -2.19. The Kier molecular flexibility index (Phi) is 7.91. The fraction of sp³-hybridized carbons (Fsp3) is 0.200. The van der Waals surface area contributed by atoms with Gasteiger partial charge in [-0.3, -0.25) is 9.59 Å². The first-order chi connectivity index (χ1) is 16.1. The van der Waals surface area contributed by atoms with E-state index in [9.17, 15) is 27.9 Å². The lowest BCUT2D eigenvalue weighted by Crippen LogP contribution is -2.47. The zero-order chi connectivity index (χ0) is 24.7. The molecule has 34 heavy (non-hydrogen) atoms. The molecule has 3 aromatic rings. The molecular weight excluding hydrogens is 449 g/mol. The first-order valence-corrected chi connectivity index (χ1v) is 10.3. The summed E-state index contributed by atoms with van der Waals surface area (Å²) in [6, 6.07) is 18.9. The molecule has 4 N–H and O–H groups in total. The van der Waals surface area contributed by atoms with Crippen LogP contribution in [0.25, 0.3) is 0 Å². The number of nitrogens with one attached hydrogen (secondary N) is 1. The van der Waals surface area contributed by atoms with E-state index in [0.717, 1.165) is 29.8 Å². The van der Waals surface area contributed by atoms with E-state index < -0.39 is 35.7 Å². The Bertz CT molecular complexity index is 1100. The second-order valence-corrected chi connectivity index (χ2v) is 7.61. The van der Waals surface area contributed by atoms with E-state index in [1.165, 1.54) is 0 Å². The molecule has 0 aliphatic carbocycles. The Morgan fingerprint density at radius 1 is 0.912 bits per heavy atom. The van der Waals surface area contributed by atoms with Crippen LogP contribution in [0.15, 0.2) is 78.9 Å². The summed E-state index contributed by atoms with van der Waals surface area (Å²) in [4.78, 5) is 24.2. The van der Waals surface area contributed by atoms with Crippen LogP contribution in [0.3, 0.4) is 0 Å². The highest BCUT2D eigenvalue weighted by Gasteiger charge is 2.31. The molecule has 6 nitrogen and oxygen atoms in total. The zero-order valence-corrected chi connectivity index (χ0v) is 18.0. The average Bonchev–Trinajstić information content (AvgIpc) is 2.82. The van der Waals surface area contributed by atoms with Gasteiger partial charge in [-0.25, -0.2) is 0 Å². The third-order valence-electron chi connectivity index (χ3n) is 5.07. The molecule has 0 unspecified atom stereocenters. The molecule has 2 atom stereocenters. The quantitative estimate of drug-likeness (QED) is 0.444. The number of amides is 2. The molecule has 0 heterocycles. The van der Waals surface area contributed by atoms with E-state index in [-0.39, 0.29) is 12.0 Å². The number of ether oxygens (including phenoxy) is 1. The number of hydrogen-bond acceptors (Lipinski definition) is 4. The van der Waals surface area contributed by atoms with Crippen molar-refractivity contribution in [3.63, 3.8) is 0 Å². The van der Waals surface area contributed by atoms with Crippen molar-refractivity contribution in [2.24, 2.45) is 5.73 Å². The van der Waals surface area contributed by atoms with Gasteiger partial charge in [-0.05, 0) is 41.0 Å². The molecule has 0 fully saturated rings. The van der Waals surface area contributed by atoms with Crippen molar-refractivity contribution in [3.8, 4) is 5.75 Å². The fourth-order valence-corrected chi connectivity index (χ4v) is 3.18. The molecule has 3 aromatic carbocycles. The third-order valence-corrected chi connectivity index (χ3v) is 5.07. The maximum absolute atomic E-state index is 12.7. The van der Waals surface area contributed by atoms with Crippen LogP contribution >= 0.6 is 0 Å². The van der Waals surface area contributed by atoms with E-state index in [2.05, 4.69) is 5.32 Å². The van der Waals surface area contributed by atoms with Gasteiger partial charge < -0.3 is 20.9 Å². The van der Waals surface area contributed by atoms with Crippen LogP contribution < -0.4 is 15.8 Å². The number of primary amides is 1. The van der Waals surface area contributed by atoms with Crippen molar-refractivity contribution in [2.75, 3.05) is 0 Å². The van der Waals surface area contributed by atoms with E-state index in [0.29, 0.717) is 17.9 Å². The van der Waals surface area contributed by atoms with E-state index in [4.69, 9.17) is 10.5 Å². The van der Waals surface area contributed by atoms with Crippen molar-refractivity contribution in [1.29, 1.82) is 0 Å². The normalized spacial score (nSPS) is 13.1. The van der Waals surface area contributed by atoms with Crippen molar-refractivity contribution < 1.29 is 32.6 Å². The van der Waals surface area contributed by atoms with Crippen LogP contribution in [0.2, 0.25) is 0 Å². The Balaban J connectivity index is 1.59. The molecule has 0 aromatic heterocycles. The number of carbonyl (C=O) groups is 2. The zero-order valence-electron chi connectivity index (χ0n) is 18.0. The third kappa shape index (κ3) is 6.82. The molecule has 0 spiro atoms. The average molecular weight is 472 g/mol. The standard InChI is InChI=1S/C25H23F3N2O4/c26-25(27,28)19-10-8-18(9-11-19)22(31)24(33)30-21(23(29)32)14-16-6-12-20(13-7-16)34-15-17-4-2-1-3-5-17/h1-13,21-22,31H,14-15H2,(H2,29,32)(H,30,33)/t21-,22-/m1/s1. The fourth-order valence-electron chi connectivity index (χ4n) is 3.18. The molecule has 0 saturated heterocycles. The summed E-state index contributed by atoms with van der Waals surface area (Å²) < 4.78 is 43.8. The van der Waals surface area contributed by atoms with Gasteiger partial charge in [0.05, 0.1) is 5.56 Å². The van der Waals surface area contributed by atoms with E-state index >= 15 is 0 Å². The Morgan fingerprint density at radius 2 is 1.53 bits per heavy atom. The van der Waals surface area contributed by atoms with E-state index in [1.807, 2.05) is 30.3 Å². The summed E-state index contributed by atoms with van der Waals surface area (Å²) in [6.07, 6.45) is -6.25. The number of alkyl halides is 3. The highest BCUT2D eigenvalue weighted by Crippen LogP contribution is 2.30. The minimum absolute atomic E-state index is 0.0476. The first kappa shape index (κ1) is 24.8. The monoisotopic (exact) mass is 472 g/mol. The van der Waals surface area contributed by atoms with Crippen molar-refractivity contribution >= 4 is 11.8 Å². The molecule has 178 valence electrons. The van der Waals surface area contributed by atoms with Gasteiger partial charge in [0.25, 0.3) is 5.91 Å². The number of hydrogen-bond donors (Lipinski definition) is 3. The van der Waals surface area contributed by atoms with Crippen molar-refractivity contribution in [3.05, 3.63) is 101 Å². The Labute approximate surface area is 194 Å². The number of aliphatic hydroxyl groups is 1. The molecule has 2 amide bonds. The van der Waals surface area contributed by atoms with Gasteiger partial charge in [-0.15, -0.1) is 0 Å². The smallest absolute Gasteiger partial charge is 0.416 e. The lowest BCUT2D eigenvalue weighted by molar-refractivity contribution is -0.137. The number of halogens is 3. The second-order valence-electron chi connectivity index (χ2n) is 7.61. The van der Waals surface area contributed by atoms with Gasteiger partial charge in [-0.2, -0.15) is 13.2 Å². The maximum atomic E-state index is 12.7. The minimum atomic E-state index is -4.54.